The highest BCUT2D eigenvalue weighted by Crippen LogP contribution is 2.39. The number of hydrogen-bond donors (Lipinski definition) is 1. The monoisotopic (exact) mass is 450 g/mol. The first-order valence-corrected chi connectivity index (χ1v) is 9.80. The van der Waals surface area contributed by atoms with Gasteiger partial charge in [-0.05, 0) is 42.3 Å². The highest BCUT2D eigenvalue weighted by molar-refractivity contribution is 6.06. The molecule has 3 aromatic carbocycles. The van der Waals surface area contributed by atoms with Crippen molar-refractivity contribution in [3.63, 3.8) is 0 Å². The summed E-state index contributed by atoms with van der Waals surface area (Å²) in [4.78, 5) is 35.7. The van der Waals surface area contributed by atoms with Crippen molar-refractivity contribution in [3.8, 4) is 28.4 Å². The van der Waals surface area contributed by atoms with E-state index in [0.717, 1.165) is 0 Å². The summed E-state index contributed by atoms with van der Waals surface area (Å²) < 4.78 is 15.8. The number of benzene rings is 3. The Kier molecular flexibility index (Phi) is 6.92. The third kappa shape index (κ3) is 4.93. The van der Waals surface area contributed by atoms with E-state index < -0.39 is 10.8 Å². The summed E-state index contributed by atoms with van der Waals surface area (Å²) in [6.45, 7) is 1.45. The molecule has 0 fully saturated rings. The summed E-state index contributed by atoms with van der Waals surface area (Å²) in [6.07, 6.45) is 0. The summed E-state index contributed by atoms with van der Waals surface area (Å²) >= 11 is 0. The maximum absolute atomic E-state index is 12.9. The van der Waals surface area contributed by atoms with Gasteiger partial charge in [0.15, 0.2) is 17.3 Å². The lowest BCUT2D eigenvalue weighted by atomic mass is 10.0. The van der Waals surface area contributed by atoms with Gasteiger partial charge in [0.1, 0.15) is 5.69 Å². The molecule has 1 amide bonds. The lowest BCUT2D eigenvalue weighted by Gasteiger charge is -2.14. The molecule has 0 saturated heterocycles. The highest BCUT2D eigenvalue weighted by Gasteiger charge is 2.21. The fourth-order valence-corrected chi connectivity index (χ4v) is 3.29. The first-order valence-electron chi connectivity index (χ1n) is 9.80. The van der Waals surface area contributed by atoms with Crippen LogP contribution < -0.4 is 19.5 Å². The number of Topliss-reactive ketones (excluding diaryl/α,β-unsaturated/α-hetero) is 1. The topological polar surface area (TPSA) is 117 Å². The lowest BCUT2D eigenvalue weighted by molar-refractivity contribution is -0.383. The second kappa shape index (κ2) is 9.82. The van der Waals surface area contributed by atoms with Crippen LogP contribution in [0.3, 0.4) is 0 Å². The number of carbonyl (C=O) groups is 2. The molecule has 0 aliphatic heterocycles. The van der Waals surface area contributed by atoms with Gasteiger partial charge in [-0.15, -0.1) is 0 Å². The van der Waals surface area contributed by atoms with Crippen LogP contribution in [0.4, 0.5) is 11.4 Å². The maximum Gasteiger partial charge on any atom is 0.293 e. The Hall–Kier alpha value is -4.40. The molecular formula is C24H22N2O7. The van der Waals surface area contributed by atoms with Crippen LogP contribution in [0.15, 0.2) is 54.6 Å². The molecule has 3 rings (SSSR count). The number of amides is 1. The number of nitro benzene ring substituents is 1. The largest absolute Gasteiger partial charge is 0.493 e. The van der Waals surface area contributed by atoms with Crippen molar-refractivity contribution in [3.05, 3.63) is 75.8 Å². The number of ether oxygens (including phenoxy) is 3. The number of nitro groups is 1. The molecule has 3 aromatic rings. The molecule has 0 heterocycles. The van der Waals surface area contributed by atoms with Crippen molar-refractivity contribution in [2.24, 2.45) is 0 Å². The molecule has 0 atom stereocenters. The SMILES string of the molecule is COc1cc(C(=O)Nc2ccc(-c3cccc(C(C)=O)c3)cc2[N+](=O)[O-])cc(OC)c1OC. The molecule has 170 valence electrons. The summed E-state index contributed by atoms with van der Waals surface area (Å²) in [7, 11) is 4.28. The summed E-state index contributed by atoms with van der Waals surface area (Å²) in [5.74, 6) is 0.165. The van der Waals surface area contributed by atoms with Crippen LogP contribution in [-0.2, 0) is 0 Å². The van der Waals surface area contributed by atoms with Crippen molar-refractivity contribution >= 4 is 23.1 Å². The number of anilines is 1. The molecule has 9 heteroatoms. The number of nitrogens with zero attached hydrogens (tertiary/aromatic N) is 1. The highest BCUT2D eigenvalue weighted by atomic mass is 16.6. The molecule has 0 bridgehead atoms. The van der Waals surface area contributed by atoms with Gasteiger partial charge in [-0.3, -0.25) is 19.7 Å². The summed E-state index contributed by atoms with van der Waals surface area (Å²) in [5.41, 5.74) is 1.57. The predicted octanol–water partition coefficient (Wildman–Crippen LogP) is 4.74. The second-order valence-electron chi connectivity index (χ2n) is 6.99. The van der Waals surface area contributed by atoms with Gasteiger partial charge in [0.25, 0.3) is 11.6 Å². The Balaban J connectivity index is 1.97. The quantitative estimate of drug-likeness (QED) is 0.299. The fourth-order valence-electron chi connectivity index (χ4n) is 3.29. The van der Waals surface area contributed by atoms with Crippen LogP contribution in [0.2, 0.25) is 0 Å². The zero-order valence-corrected chi connectivity index (χ0v) is 18.5. The number of rotatable bonds is 8. The third-order valence-corrected chi connectivity index (χ3v) is 4.97. The molecule has 33 heavy (non-hydrogen) atoms. The van der Waals surface area contributed by atoms with E-state index in [1.54, 1.807) is 30.3 Å². The summed E-state index contributed by atoms with van der Waals surface area (Å²) in [5, 5.41) is 14.3. The first kappa shape index (κ1) is 23.3. The number of hydrogen-bond acceptors (Lipinski definition) is 7. The van der Waals surface area contributed by atoms with Gasteiger partial charge < -0.3 is 19.5 Å². The van der Waals surface area contributed by atoms with Crippen molar-refractivity contribution in [1.29, 1.82) is 0 Å². The van der Waals surface area contributed by atoms with Gasteiger partial charge >= 0.3 is 0 Å². The Bertz CT molecular complexity index is 1210. The van der Waals surface area contributed by atoms with Gasteiger partial charge in [0, 0.05) is 17.2 Å². The van der Waals surface area contributed by atoms with Crippen LogP contribution in [0.5, 0.6) is 17.2 Å². The molecule has 0 unspecified atom stereocenters. The molecule has 0 spiro atoms. The van der Waals surface area contributed by atoms with Crippen LogP contribution in [0, 0.1) is 10.1 Å². The van der Waals surface area contributed by atoms with E-state index in [9.17, 15) is 19.7 Å². The van der Waals surface area contributed by atoms with Gasteiger partial charge in [-0.25, -0.2) is 0 Å². The predicted molar refractivity (Wildman–Crippen MR) is 123 cm³/mol. The number of carbonyl (C=O) groups excluding carboxylic acids is 2. The average molecular weight is 450 g/mol. The number of nitrogens with one attached hydrogen (secondary N) is 1. The minimum absolute atomic E-state index is 0.0187. The molecule has 0 radical (unpaired) electrons. The van der Waals surface area contributed by atoms with E-state index in [4.69, 9.17) is 14.2 Å². The maximum atomic E-state index is 12.9. The number of ketones is 1. The minimum atomic E-state index is -0.594. The smallest absolute Gasteiger partial charge is 0.293 e. The van der Waals surface area contributed by atoms with E-state index in [0.29, 0.717) is 22.4 Å². The zero-order valence-electron chi connectivity index (χ0n) is 18.5. The van der Waals surface area contributed by atoms with Crippen LogP contribution in [0.1, 0.15) is 27.6 Å². The normalized spacial score (nSPS) is 10.3. The summed E-state index contributed by atoms with van der Waals surface area (Å²) in [6, 6.07) is 14.1. The Morgan fingerprint density at radius 2 is 1.48 bits per heavy atom. The van der Waals surface area contributed by atoms with E-state index in [-0.39, 0.29) is 34.2 Å². The van der Waals surface area contributed by atoms with E-state index >= 15 is 0 Å². The van der Waals surface area contributed by atoms with Crippen LogP contribution in [-0.4, -0.2) is 37.9 Å². The molecule has 0 aliphatic rings. The van der Waals surface area contributed by atoms with Gasteiger partial charge in [0.05, 0.1) is 26.3 Å². The molecule has 0 aliphatic carbocycles. The average Bonchev–Trinajstić information content (AvgIpc) is 2.82. The van der Waals surface area contributed by atoms with Crippen molar-refractivity contribution in [1.82, 2.24) is 0 Å². The first-order chi connectivity index (χ1) is 15.8. The molecule has 1 N–H and O–H groups in total. The van der Waals surface area contributed by atoms with Crippen molar-refractivity contribution < 1.29 is 28.7 Å². The van der Waals surface area contributed by atoms with E-state index in [1.165, 1.54) is 52.5 Å². The zero-order chi connectivity index (χ0) is 24.1. The van der Waals surface area contributed by atoms with Crippen LogP contribution in [0.25, 0.3) is 11.1 Å². The lowest BCUT2D eigenvalue weighted by Crippen LogP contribution is -2.14. The minimum Gasteiger partial charge on any atom is -0.493 e. The van der Waals surface area contributed by atoms with Gasteiger partial charge in [0.2, 0.25) is 5.75 Å². The van der Waals surface area contributed by atoms with E-state index in [2.05, 4.69) is 5.32 Å². The van der Waals surface area contributed by atoms with Gasteiger partial charge in [-0.1, -0.05) is 24.3 Å². The Morgan fingerprint density at radius 1 is 0.848 bits per heavy atom. The Morgan fingerprint density at radius 3 is 2.03 bits per heavy atom. The molecular weight excluding hydrogens is 428 g/mol. The standard InChI is InChI=1S/C24H22N2O7/c1-14(27)15-6-5-7-16(10-15)17-8-9-19(20(11-17)26(29)30)25-24(28)18-12-21(31-2)23(33-4)22(13-18)32-3/h5-13H,1-4H3,(H,25,28). The third-order valence-electron chi connectivity index (χ3n) is 4.97. The van der Waals surface area contributed by atoms with E-state index in [1.807, 2.05) is 0 Å². The van der Waals surface area contributed by atoms with Crippen molar-refractivity contribution in [2.75, 3.05) is 26.6 Å². The van der Waals surface area contributed by atoms with Crippen LogP contribution >= 0.6 is 0 Å². The second-order valence-corrected chi connectivity index (χ2v) is 6.99. The fraction of sp³-hybridized carbons (Fsp3) is 0.167. The Labute approximate surface area is 190 Å². The van der Waals surface area contributed by atoms with Crippen molar-refractivity contribution in [2.45, 2.75) is 6.92 Å². The molecule has 0 aromatic heterocycles. The molecule has 0 saturated carbocycles. The van der Waals surface area contributed by atoms with Gasteiger partial charge in [-0.2, -0.15) is 0 Å². The molecule has 9 nitrogen and oxygen atoms in total. The number of methoxy groups -OCH3 is 3.